The third-order valence-corrected chi connectivity index (χ3v) is 3.29. The Morgan fingerprint density at radius 1 is 1.21 bits per heavy atom. The summed E-state index contributed by atoms with van der Waals surface area (Å²) in [5, 5.41) is 11.8. The van der Waals surface area contributed by atoms with Crippen molar-refractivity contribution in [1.29, 1.82) is 0 Å². The van der Waals surface area contributed by atoms with Crippen LogP contribution in [0.25, 0.3) is 0 Å². The Kier molecular flexibility index (Phi) is 4.39. The van der Waals surface area contributed by atoms with Gasteiger partial charge in [-0.15, -0.1) is 0 Å². The maximum atomic E-state index is 12.2. The molecule has 102 valence electrons. The first-order chi connectivity index (χ1) is 9.16. The van der Waals surface area contributed by atoms with Crippen molar-refractivity contribution in [2.75, 3.05) is 11.4 Å². The van der Waals surface area contributed by atoms with Gasteiger partial charge in [-0.1, -0.05) is 31.0 Å². The number of amides is 2. The van der Waals surface area contributed by atoms with Gasteiger partial charge in [0.2, 0.25) is 0 Å². The van der Waals surface area contributed by atoms with Crippen molar-refractivity contribution in [3.63, 3.8) is 0 Å². The van der Waals surface area contributed by atoms with E-state index in [1.54, 1.807) is 24.3 Å². The van der Waals surface area contributed by atoms with Gasteiger partial charge in [-0.05, 0) is 25.0 Å². The molecule has 0 heterocycles. The number of carbonyl (C=O) groups is 2. The van der Waals surface area contributed by atoms with Gasteiger partial charge >= 0.3 is 12.0 Å². The first-order valence-electron chi connectivity index (χ1n) is 6.51. The molecule has 2 amide bonds. The van der Waals surface area contributed by atoms with Crippen LogP contribution >= 0.6 is 0 Å². The zero-order valence-corrected chi connectivity index (χ0v) is 10.7. The van der Waals surface area contributed by atoms with Crippen LogP contribution in [0.2, 0.25) is 0 Å². The number of carboxylic acids is 1. The molecule has 2 N–H and O–H groups in total. The third-order valence-electron chi connectivity index (χ3n) is 3.29. The van der Waals surface area contributed by atoms with Gasteiger partial charge in [0.15, 0.2) is 0 Å². The van der Waals surface area contributed by atoms with Crippen molar-refractivity contribution in [2.24, 2.45) is 0 Å². The molecule has 19 heavy (non-hydrogen) atoms. The maximum absolute atomic E-state index is 12.2. The van der Waals surface area contributed by atoms with Crippen molar-refractivity contribution in [3.8, 4) is 0 Å². The molecule has 1 aliphatic rings. The van der Waals surface area contributed by atoms with Crippen LogP contribution in [0.4, 0.5) is 10.5 Å². The minimum absolute atomic E-state index is 0.174. The second-order valence-electron chi connectivity index (χ2n) is 4.75. The Balaban J connectivity index is 2.08. The summed E-state index contributed by atoms with van der Waals surface area (Å²) in [6, 6.07) is 8.71. The first kappa shape index (κ1) is 13.4. The van der Waals surface area contributed by atoms with Crippen LogP contribution in [0.5, 0.6) is 0 Å². The number of benzene rings is 1. The summed E-state index contributed by atoms with van der Waals surface area (Å²) in [5.41, 5.74) is 0.598. The average molecular weight is 262 g/mol. The molecule has 5 nitrogen and oxygen atoms in total. The summed E-state index contributed by atoms with van der Waals surface area (Å²) in [6.07, 6.45) is 4.19. The van der Waals surface area contributed by atoms with Crippen LogP contribution in [0.3, 0.4) is 0 Å². The summed E-state index contributed by atoms with van der Waals surface area (Å²) in [4.78, 5) is 24.4. The number of hydrogen-bond acceptors (Lipinski definition) is 2. The molecule has 0 spiro atoms. The quantitative estimate of drug-likeness (QED) is 0.874. The van der Waals surface area contributed by atoms with Crippen molar-refractivity contribution in [2.45, 2.75) is 31.7 Å². The lowest BCUT2D eigenvalue weighted by Crippen LogP contribution is -2.46. The lowest BCUT2D eigenvalue weighted by molar-refractivity contribution is -0.135. The fourth-order valence-electron chi connectivity index (χ4n) is 2.35. The Labute approximate surface area is 112 Å². The van der Waals surface area contributed by atoms with Crippen LogP contribution in [-0.2, 0) is 4.79 Å². The zero-order chi connectivity index (χ0) is 13.7. The fourth-order valence-corrected chi connectivity index (χ4v) is 2.35. The van der Waals surface area contributed by atoms with Crippen LogP contribution in [0.15, 0.2) is 30.3 Å². The summed E-state index contributed by atoms with van der Waals surface area (Å²) < 4.78 is 0. The number of urea groups is 1. The average Bonchev–Trinajstić information content (AvgIpc) is 2.89. The van der Waals surface area contributed by atoms with E-state index in [4.69, 9.17) is 5.11 Å². The number of carbonyl (C=O) groups excluding carboxylic acids is 1. The minimum Gasteiger partial charge on any atom is -0.480 e. The number of nitrogens with zero attached hydrogens (tertiary/aromatic N) is 1. The van der Waals surface area contributed by atoms with E-state index < -0.39 is 5.97 Å². The second kappa shape index (κ2) is 6.22. The Hall–Kier alpha value is -2.04. The van der Waals surface area contributed by atoms with Crippen LogP contribution < -0.4 is 10.2 Å². The molecule has 2 rings (SSSR count). The molecule has 1 aliphatic carbocycles. The Morgan fingerprint density at radius 3 is 2.42 bits per heavy atom. The summed E-state index contributed by atoms with van der Waals surface area (Å²) in [7, 11) is 0. The van der Waals surface area contributed by atoms with Gasteiger partial charge < -0.3 is 10.4 Å². The maximum Gasteiger partial charge on any atom is 0.323 e. The predicted molar refractivity (Wildman–Crippen MR) is 72.2 cm³/mol. The Morgan fingerprint density at radius 2 is 1.84 bits per heavy atom. The topological polar surface area (TPSA) is 69.6 Å². The molecule has 1 fully saturated rings. The smallest absolute Gasteiger partial charge is 0.323 e. The van der Waals surface area contributed by atoms with Gasteiger partial charge in [-0.25, -0.2) is 4.79 Å². The van der Waals surface area contributed by atoms with E-state index in [-0.39, 0.29) is 18.6 Å². The van der Waals surface area contributed by atoms with E-state index in [0.717, 1.165) is 25.7 Å². The van der Waals surface area contributed by atoms with Crippen LogP contribution in [0.1, 0.15) is 25.7 Å². The highest BCUT2D eigenvalue weighted by Crippen LogP contribution is 2.19. The lowest BCUT2D eigenvalue weighted by Gasteiger charge is -2.23. The summed E-state index contributed by atoms with van der Waals surface area (Å²) in [5.74, 6) is -1.02. The number of anilines is 1. The molecule has 0 unspecified atom stereocenters. The van der Waals surface area contributed by atoms with E-state index >= 15 is 0 Å². The molecular formula is C14H18N2O3. The van der Waals surface area contributed by atoms with E-state index in [0.29, 0.717) is 5.69 Å². The highest BCUT2D eigenvalue weighted by atomic mass is 16.4. The van der Waals surface area contributed by atoms with Crippen molar-refractivity contribution in [1.82, 2.24) is 5.32 Å². The number of rotatable bonds is 4. The normalized spacial score (nSPS) is 15.2. The van der Waals surface area contributed by atoms with E-state index in [1.165, 1.54) is 4.90 Å². The molecule has 0 radical (unpaired) electrons. The van der Waals surface area contributed by atoms with Gasteiger partial charge in [-0.2, -0.15) is 0 Å². The van der Waals surface area contributed by atoms with Gasteiger partial charge in [0.1, 0.15) is 6.54 Å². The fraction of sp³-hybridized carbons (Fsp3) is 0.429. The number of carboxylic acid groups (broad SMARTS) is 1. The largest absolute Gasteiger partial charge is 0.480 e. The van der Waals surface area contributed by atoms with Crippen LogP contribution in [-0.4, -0.2) is 29.7 Å². The van der Waals surface area contributed by atoms with E-state index in [1.807, 2.05) is 6.07 Å². The van der Waals surface area contributed by atoms with Gasteiger partial charge in [0.25, 0.3) is 0 Å². The molecule has 1 aromatic carbocycles. The highest BCUT2D eigenvalue weighted by molar-refractivity contribution is 5.96. The summed E-state index contributed by atoms with van der Waals surface area (Å²) in [6.45, 7) is -0.331. The number of hydrogen-bond donors (Lipinski definition) is 2. The van der Waals surface area contributed by atoms with Crippen molar-refractivity contribution < 1.29 is 14.7 Å². The molecule has 0 bridgehead atoms. The van der Waals surface area contributed by atoms with Gasteiger partial charge in [-0.3, -0.25) is 9.69 Å². The number of aliphatic carboxylic acids is 1. The SMILES string of the molecule is O=C(O)CN(C(=O)NC1CCCC1)c1ccccc1. The van der Waals surface area contributed by atoms with Crippen molar-refractivity contribution in [3.05, 3.63) is 30.3 Å². The number of nitrogens with one attached hydrogen (secondary N) is 1. The standard InChI is InChI=1S/C14H18N2O3/c17-13(18)10-16(12-8-2-1-3-9-12)14(19)15-11-6-4-5-7-11/h1-3,8-9,11H,4-7,10H2,(H,15,19)(H,17,18). The molecular weight excluding hydrogens is 244 g/mol. The lowest BCUT2D eigenvalue weighted by atomic mass is 10.2. The molecule has 5 heteroatoms. The molecule has 0 aromatic heterocycles. The van der Waals surface area contributed by atoms with Crippen molar-refractivity contribution >= 4 is 17.7 Å². The first-order valence-corrected chi connectivity index (χ1v) is 6.51. The molecule has 1 saturated carbocycles. The third kappa shape index (κ3) is 3.71. The summed E-state index contributed by atoms with van der Waals surface area (Å²) >= 11 is 0. The molecule has 0 aliphatic heterocycles. The minimum atomic E-state index is -1.02. The molecule has 0 atom stereocenters. The Bertz CT molecular complexity index is 441. The van der Waals surface area contributed by atoms with E-state index in [2.05, 4.69) is 5.32 Å². The number of para-hydroxylation sites is 1. The molecule has 1 aromatic rings. The van der Waals surface area contributed by atoms with Gasteiger partial charge in [0, 0.05) is 11.7 Å². The predicted octanol–water partition coefficient (Wildman–Crippen LogP) is 2.23. The van der Waals surface area contributed by atoms with Crippen LogP contribution in [0, 0.1) is 0 Å². The monoisotopic (exact) mass is 262 g/mol. The molecule has 0 saturated heterocycles. The highest BCUT2D eigenvalue weighted by Gasteiger charge is 2.23. The van der Waals surface area contributed by atoms with Gasteiger partial charge in [0.05, 0.1) is 0 Å². The van der Waals surface area contributed by atoms with E-state index in [9.17, 15) is 9.59 Å². The second-order valence-corrected chi connectivity index (χ2v) is 4.75. The zero-order valence-electron chi connectivity index (χ0n) is 10.7.